The Morgan fingerprint density at radius 3 is 2.72 bits per heavy atom. The van der Waals surface area contributed by atoms with Crippen molar-refractivity contribution in [1.29, 1.82) is 0 Å². The maximum atomic E-state index is 12.0. The van der Waals surface area contributed by atoms with E-state index in [0.717, 1.165) is 33.1 Å². The zero-order valence-electron chi connectivity index (χ0n) is 13.4. The third-order valence-corrected chi connectivity index (χ3v) is 5.96. The second kappa shape index (κ2) is 7.25. The predicted octanol–water partition coefficient (Wildman–Crippen LogP) is 4.68. The van der Waals surface area contributed by atoms with Gasteiger partial charge in [0.15, 0.2) is 4.34 Å². The zero-order valence-corrected chi connectivity index (χ0v) is 15.0. The predicted molar refractivity (Wildman–Crippen MR) is 104 cm³/mol. The molecule has 0 bridgehead atoms. The molecule has 25 heavy (non-hydrogen) atoms. The summed E-state index contributed by atoms with van der Waals surface area (Å²) in [5.74, 6) is 1.35. The highest BCUT2D eigenvalue weighted by atomic mass is 32.2. The first-order valence-electron chi connectivity index (χ1n) is 8.01. The molecule has 0 aliphatic carbocycles. The van der Waals surface area contributed by atoms with Crippen molar-refractivity contribution < 1.29 is 4.79 Å². The van der Waals surface area contributed by atoms with Crippen molar-refractivity contribution in [3.63, 3.8) is 0 Å². The Bertz CT molecular complexity index is 958. The summed E-state index contributed by atoms with van der Waals surface area (Å²) in [6.45, 7) is 0. The van der Waals surface area contributed by atoms with E-state index in [-0.39, 0.29) is 5.91 Å². The molecule has 0 aliphatic rings. The van der Waals surface area contributed by atoms with E-state index in [9.17, 15) is 4.79 Å². The number of para-hydroxylation sites is 3. The number of thiazole rings is 1. The number of aromatic nitrogens is 3. The van der Waals surface area contributed by atoms with Crippen LogP contribution in [0, 0.1) is 0 Å². The molecule has 7 heteroatoms. The molecule has 4 aromatic rings. The van der Waals surface area contributed by atoms with Crippen molar-refractivity contribution in [1.82, 2.24) is 15.0 Å². The minimum absolute atomic E-state index is 0.0241. The third-order valence-electron chi connectivity index (χ3n) is 3.70. The standard InChI is InChI=1S/C18H16N4OS2/c23-16(22-17-19-12-6-1-2-7-13(12)20-17)10-5-11-24-18-21-14-8-3-4-9-15(14)25-18/h1-4,6-9H,5,10-11H2,(H2,19,20,22,23). The maximum Gasteiger partial charge on any atom is 0.226 e. The second-order valence-electron chi connectivity index (χ2n) is 5.55. The summed E-state index contributed by atoms with van der Waals surface area (Å²) in [5.41, 5.74) is 2.81. The minimum Gasteiger partial charge on any atom is -0.324 e. The largest absolute Gasteiger partial charge is 0.324 e. The van der Waals surface area contributed by atoms with Gasteiger partial charge in [0, 0.05) is 12.2 Å². The van der Waals surface area contributed by atoms with Crippen LogP contribution in [0.1, 0.15) is 12.8 Å². The van der Waals surface area contributed by atoms with Crippen LogP contribution >= 0.6 is 23.1 Å². The van der Waals surface area contributed by atoms with Crippen LogP contribution in [0.15, 0.2) is 52.9 Å². The highest BCUT2D eigenvalue weighted by Gasteiger charge is 2.08. The fraction of sp³-hybridized carbons (Fsp3) is 0.167. The molecular formula is C18H16N4OS2. The zero-order chi connectivity index (χ0) is 17.1. The fourth-order valence-electron chi connectivity index (χ4n) is 2.51. The van der Waals surface area contributed by atoms with Crippen LogP contribution in [-0.2, 0) is 4.79 Å². The summed E-state index contributed by atoms with van der Waals surface area (Å²) in [6.07, 6.45) is 1.27. The van der Waals surface area contributed by atoms with Gasteiger partial charge in [0.1, 0.15) is 0 Å². The molecule has 0 saturated carbocycles. The lowest BCUT2D eigenvalue weighted by atomic mass is 10.3. The number of amides is 1. The topological polar surface area (TPSA) is 70.7 Å². The lowest BCUT2D eigenvalue weighted by Crippen LogP contribution is -2.12. The number of anilines is 1. The van der Waals surface area contributed by atoms with Crippen molar-refractivity contribution in [3.8, 4) is 0 Å². The summed E-state index contributed by atoms with van der Waals surface area (Å²) in [7, 11) is 0. The number of aromatic amines is 1. The molecule has 2 N–H and O–H groups in total. The molecule has 2 aromatic heterocycles. The molecule has 0 aliphatic heterocycles. The molecule has 4 rings (SSSR count). The molecular weight excluding hydrogens is 352 g/mol. The summed E-state index contributed by atoms with van der Waals surface area (Å²) < 4.78 is 2.26. The van der Waals surface area contributed by atoms with Gasteiger partial charge in [-0.1, -0.05) is 36.0 Å². The molecule has 0 saturated heterocycles. The van der Waals surface area contributed by atoms with Gasteiger partial charge in [0.25, 0.3) is 0 Å². The van der Waals surface area contributed by atoms with Crippen molar-refractivity contribution >= 4 is 56.2 Å². The molecule has 5 nitrogen and oxygen atoms in total. The molecule has 2 aromatic carbocycles. The van der Waals surface area contributed by atoms with Gasteiger partial charge < -0.3 is 4.98 Å². The molecule has 0 atom stereocenters. The van der Waals surface area contributed by atoms with Gasteiger partial charge in [0.2, 0.25) is 11.9 Å². The van der Waals surface area contributed by atoms with E-state index < -0.39 is 0 Å². The first kappa shape index (κ1) is 16.1. The molecule has 126 valence electrons. The molecule has 2 heterocycles. The van der Waals surface area contributed by atoms with Crippen LogP contribution in [0.3, 0.4) is 0 Å². The van der Waals surface area contributed by atoms with E-state index in [4.69, 9.17) is 0 Å². The SMILES string of the molecule is O=C(CCCSc1nc2ccccc2s1)Nc1nc2ccccc2[nH]1. The van der Waals surface area contributed by atoms with Crippen molar-refractivity contribution in [2.45, 2.75) is 17.2 Å². The van der Waals surface area contributed by atoms with Gasteiger partial charge in [-0.15, -0.1) is 11.3 Å². The van der Waals surface area contributed by atoms with Gasteiger partial charge in [-0.25, -0.2) is 9.97 Å². The number of fused-ring (bicyclic) bond motifs is 2. The Balaban J connectivity index is 1.26. The van der Waals surface area contributed by atoms with E-state index in [0.29, 0.717) is 12.4 Å². The average Bonchev–Trinajstić information content (AvgIpc) is 3.21. The number of carbonyl (C=O) groups excluding carboxylic acids is 1. The van der Waals surface area contributed by atoms with Crippen LogP contribution in [0.2, 0.25) is 0 Å². The number of imidazole rings is 1. The van der Waals surface area contributed by atoms with Crippen LogP contribution in [0.4, 0.5) is 5.95 Å². The first-order chi connectivity index (χ1) is 12.3. The maximum absolute atomic E-state index is 12.0. The van der Waals surface area contributed by atoms with Crippen LogP contribution in [0.25, 0.3) is 21.3 Å². The minimum atomic E-state index is -0.0241. The van der Waals surface area contributed by atoms with Crippen LogP contribution in [0.5, 0.6) is 0 Å². The Labute approximate surface area is 152 Å². The van der Waals surface area contributed by atoms with Crippen LogP contribution in [-0.4, -0.2) is 26.6 Å². The number of nitrogens with one attached hydrogen (secondary N) is 2. The first-order valence-corrected chi connectivity index (χ1v) is 9.81. The molecule has 0 fully saturated rings. The van der Waals surface area contributed by atoms with Gasteiger partial charge in [-0.3, -0.25) is 10.1 Å². The Kier molecular flexibility index (Phi) is 4.67. The summed E-state index contributed by atoms with van der Waals surface area (Å²) in [6, 6.07) is 15.8. The number of carbonyl (C=O) groups is 1. The van der Waals surface area contributed by atoms with E-state index >= 15 is 0 Å². The fourth-order valence-corrected chi connectivity index (χ4v) is 4.59. The van der Waals surface area contributed by atoms with E-state index in [1.807, 2.05) is 42.5 Å². The smallest absolute Gasteiger partial charge is 0.226 e. The summed E-state index contributed by atoms with van der Waals surface area (Å²) in [4.78, 5) is 24.1. The van der Waals surface area contributed by atoms with E-state index in [1.54, 1.807) is 23.1 Å². The number of hydrogen-bond donors (Lipinski definition) is 2. The van der Waals surface area contributed by atoms with Gasteiger partial charge in [-0.05, 0) is 30.7 Å². The van der Waals surface area contributed by atoms with E-state index in [1.165, 1.54) is 4.70 Å². The lowest BCUT2D eigenvalue weighted by Gasteiger charge is -2.01. The van der Waals surface area contributed by atoms with Crippen molar-refractivity contribution in [2.24, 2.45) is 0 Å². The summed E-state index contributed by atoms with van der Waals surface area (Å²) >= 11 is 3.40. The normalized spacial score (nSPS) is 11.2. The highest BCUT2D eigenvalue weighted by molar-refractivity contribution is 8.01. The number of rotatable bonds is 6. The average molecular weight is 368 g/mol. The Morgan fingerprint density at radius 1 is 1.08 bits per heavy atom. The molecule has 0 unspecified atom stereocenters. The molecule has 1 amide bonds. The molecule has 0 radical (unpaired) electrons. The Morgan fingerprint density at radius 2 is 1.88 bits per heavy atom. The third kappa shape index (κ3) is 3.83. The number of thioether (sulfide) groups is 1. The highest BCUT2D eigenvalue weighted by Crippen LogP contribution is 2.29. The van der Waals surface area contributed by atoms with Gasteiger partial charge in [-0.2, -0.15) is 0 Å². The number of hydrogen-bond acceptors (Lipinski definition) is 5. The van der Waals surface area contributed by atoms with Crippen molar-refractivity contribution in [3.05, 3.63) is 48.5 Å². The second-order valence-corrected chi connectivity index (χ2v) is 7.92. The monoisotopic (exact) mass is 368 g/mol. The lowest BCUT2D eigenvalue weighted by molar-refractivity contribution is -0.116. The van der Waals surface area contributed by atoms with Gasteiger partial charge in [0.05, 0.1) is 21.3 Å². The number of benzene rings is 2. The van der Waals surface area contributed by atoms with Crippen LogP contribution < -0.4 is 5.32 Å². The van der Waals surface area contributed by atoms with Crippen molar-refractivity contribution in [2.75, 3.05) is 11.1 Å². The van der Waals surface area contributed by atoms with E-state index in [2.05, 4.69) is 26.3 Å². The number of H-pyrrole nitrogens is 1. The quantitative estimate of drug-likeness (QED) is 0.383. The van der Waals surface area contributed by atoms with Gasteiger partial charge >= 0.3 is 0 Å². The number of nitrogens with zero attached hydrogens (tertiary/aromatic N) is 2. The summed E-state index contributed by atoms with van der Waals surface area (Å²) in [5, 5.41) is 2.82. The Hall–Kier alpha value is -2.38. The molecule has 0 spiro atoms.